The van der Waals surface area contributed by atoms with Crippen molar-refractivity contribution in [3.05, 3.63) is 52.7 Å². The average Bonchev–Trinajstić information content (AvgIpc) is 3.19. The molecule has 0 fully saturated rings. The first-order valence-electron chi connectivity index (χ1n) is 8.25. The van der Waals surface area contributed by atoms with Gasteiger partial charge in [-0.1, -0.05) is 23.9 Å². The minimum absolute atomic E-state index is 0.0439. The quantitative estimate of drug-likeness (QED) is 0.524. The first-order valence-corrected chi connectivity index (χ1v) is 10.1. The Morgan fingerprint density at radius 1 is 1.15 bits per heavy atom. The highest BCUT2D eigenvalue weighted by atomic mass is 32.2. The first kappa shape index (κ1) is 17.1. The van der Waals surface area contributed by atoms with E-state index in [-0.39, 0.29) is 5.91 Å². The molecule has 26 heavy (non-hydrogen) atoms. The van der Waals surface area contributed by atoms with E-state index in [0.717, 1.165) is 38.7 Å². The van der Waals surface area contributed by atoms with E-state index < -0.39 is 0 Å². The van der Waals surface area contributed by atoms with Crippen LogP contribution in [0.4, 0.5) is 5.69 Å². The van der Waals surface area contributed by atoms with Crippen molar-refractivity contribution in [3.8, 4) is 0 Å². The maximum absolute atomic E-state index is 12.4. The largest absolute Gasteiger partial charge is 0.325 e. The number of thiophene rings is 1. The van der Waals surface area contributed by atoms with Gasteiger partial charge >= 0.3 is 0 Å². The lowest BCUT2D eigenvalue weighted by Gasteiger charge is -2.09. The Bertz CT molecular complexity index is 1130. The van der Waals surface area contributed by atoms with Crippen molar-refractivity contribution in [2.75, 3.05) is 11.1 Å². The summed E-state index contributed by atoms with van der Waals surface area (Å²) in [6, 6.07) is 10.2. The fourth-order valence-electron chi connectivity index (χ4n) is 2.94. The topological polar surface area (TPSA) is 59.3 Å². The summed E-state index contributed by atoms with van der Waals surface area (Å²) < 4.78 is 3.30. The third-order valence-electron chi connectivity index (χ3n) is 4.26. The summed E-state index contributed by atoms with van der Waals surface area (Å²) in [4.78, 5) is 12.4. The molecule has 0 saturated carbocycles. The number of rotatable bonds is 4. The van der Waals surface area contributed by atoms with Crippen LogP contribution in [0.15, 0.2) is 40.7 Å². The summed E-state index contributed by atoms with van der Waals surface area (Å²) in [6.07, 6.45) is 0. The van der Waals surface area contributed by atoms with Crippen LogP contribution in [0.3, 0.4) is 0 Å². The summed E-state index contributed by atoms with van der Waals surface area (Å²) in [5.41, 5.74) is 5.18. The van der Waals surface area contributed by atoms with Gasteiger partial charge in [-0.25, -0.2) is 0 Å². The Hall–Kier alpha value is -2.38. The zero-order valence-corrected chi connectivity index (χ0v) is 16.4. The number of nitrogens with one attached hydrogen (secondary N) is 1. The second-order valence-corrected chi connectivity index (χ2v) is 8.15. The molecule has 1 amide bonds. The Morgan fingerprint density at radius 2 is 2.00 bits per heavy atom. The van der Waals surface area contributed by atoms with Crippen molar-refractivity contribution in [1.82, 2.24) is 14.6 Å². The fraction of sp³-hybridized carbons (Fsp3) is 0.211. The predicted octanol–water partition coefficient (Wildman–Crippen LogP) is 4.60. The molecule has 5 nitrogen and oxygen atoms in total. The number of nitrogens with zero attached hydrogens (tertiary/aromatic N) is 3. The molecule has 4 aromatic rings. The number of benzene rings is 1. The normalized spacial score (nSPS) is 11.3. The standard InChI is InChI=1S/C19H18N4OS2/c1-11-4-5-12(2)14(8-11)20-18(24)10-26-19-16-9-17-15(6-7-25-17)23(16)13(3)21-22-19/h4-9H,10H2,1-3H3,(H,20,24). The SMILES string of the molecule is Cc1ccc(C)c(NC(=O)CSc2nnc(C)n3c2cc2sccc23)c1. The van der Waals surface area contributed by atoms with Gasteiger partial charge in [-0.05, 0) is 55.5 Å². The van der Waals surface area contributed by atoms with E-state index in [1.54, 1.807) is 11.3 Å². The van der Waals surface area contributed by atoms with Crippen LogP contribution >= 0.6 is 23.1 Å². The molecule has 0 radical (unpaired) electrons. The third-order valence-corrected chi connectivity index (χ3v) is 6.08. The van der Waals surface area contributed by atoms with Crippen LogP contribution in [0.5, 0.6) is 0 Å². The van der Waals surface area contributed by atoms with Crippen LogP contribution < -0.4 is 5.32 Å². The van der Waals surface area contributed by atoms with E-state index >= 15 is 0 Å². The second-order valence-electron chi connectivity index (χ2n) is 6.24. The van der Waals surface area contributed by atoms with E-state index in [9.17, 15) is 4.79 Å². The molecular weight excluding hydrogens is 364 g/mol. The van der Waals surface area contributed by atoms with Crippen LogP contribution in [0.25, 0.3) is 15.7 Å². The van der Waals surface area contributed by atoms with Crippen LogP contribution in [0.1, 0.15) is 17.0 Å². The van der Waals surface area contributed by atoms with Crippen molar-refractivity contribution < 1.29 is 4.79 Å². The van der Waals surface area contributed by atoms with E-state index in [1.807, 2.05) is 39.0 Å². The van der Waals surface area contributed by atoms with Gasteiger partial charge in [0.15, 0.2) is 0 Å². The number of anilines is 1. The molecule has 0 spiro atoms. The summed E-state index contributed by atoms with van der Waals surface area (Å²) in [5, 5.41) is 14.4. The number of carbonyl (C=O) groups is 1. The van der Waals surface area contributed by atoms with Crippen molar-refractivity contribution in [3.63, 3.8) is 0 Å². The molecule has 1 N–H and O–H groups in total. The van der Waals surface area contributed by atoms with E-state index in [2.05, 4.69) is 37.4 Å². The highest BCUT2D eigenvalue weighted by molar-refractivity contribution is 8.00. The van der Waals surface area contributed by atoms with Crippen molar-refractivity contribution in [2.24, 2.45) is 0 Å². The van der Waals surface area contributed by atoms with Gasteiger partial charge in [0.1, 0.15) is 10.9 Å². The molecule has 4 rings (SSSR count). The van der Waals surface area contributed by atoms with Gasteiger partial charge in [0.05, 0.1) is 21.5 Å². The Balaban J connectivity index is 1.55. The number of fused-ring (bicyclic) bond motifs is 3. The molecule has 1 aromatic carbocycles. The van der Waals surface area contributed by atoms with Crippen LogP contribution in [-0.2, 0) is 4.79 Å². The number of thioether (sulfide) groups is 1. The second kappa shape index (κ2) is 6.74. The van der Waals surface area contributed by atoms with E-state index in [0.29, 0.717) is 5.75 Å². The minimum atomic E-state index is -0.0439. The highest BCUT2D eigenvalue weighted by Crippen LogP contribution is 2.30. The number of amides is 1. The van der Waals surface area contributed by atoms with Crippen LogP contribution in [0.2, 0.25) is 0 Å². The van der Waals surface area contributed by atoms with Crippen LogP contribution in [0, 0.1) is 20.8 Å². The molecule has 0 aliphatic carbocycles. The maximum Gasteiger partial charge on any atom is 0.234 e. The lowest BCUT2D eigenvalue weighted by molar-refractivity contribution is -0.113. The summed E-state index contributed by atoms with van der Waals surface area (Å²) in [7, 11) is 0. The lowest BCUT2D eigenvalue weighted by Crippen LogP contribution is -2.15. The van der Waals surface area contributed by atoms with Crippen molar-refractivity contribution >= 4 is 50.4 Å². The van der Waals surface area contributed by atoms with E-state index in [4.69, 9.17) is 0 Å². The zero-order chi connectivity index (χ0) is 18.3. The van der Waals surface area contributed by atoms with Gasteiger partial charge in [-0.15, -0.1) is 21.5 Å². The molecule has 0 unspecified atom stereocenters. The molecule has 7 heteroatoms. The van der Waals surface area contributed by atoms with Crippen LogP contribution in [-0.4, -0.2) is 26.3 Å². The zero-order valence-electron chi connectivity index (χ0n) is 14.7. The Labute approximate surface area is 159 Å². The number of aromatic nitrogens is 3. The number of carbonyl (C=O) groups excluding carboxylic acids is 1. The summed E-state index contributed by atoms with van der Waals surface area (Å²) >= 11 is 3.11. The molecular formula is C19H18N4OS2. The van der Waals surface area contributed by atoms with Gasteiger partial charge in [-0.2, -0.15) is 0 Å². The number of hydrogen-bond acceptors (Lipinski definition) is 5. The molecule has 0 bridgehead atoms. The fourth-order valence-corrected chi connectivity index (χ4v) is 4.48. The molecule has 0 atom stereocenters. The average molecular weight is 383 g/mol. The Morgan fingerprint density at radius 3 is 2.85 bits per heavy atom. The van der Waals surface area contributed by atoms with Gasteiger partial charge < -0.3 is 5.32 Å². The minimum Gasteiger partial charge on any atom is -0.325 e. The number of aryl methyl sites for hydroxylation is 3. The smallest absolute Gasteiger partial charge is 0.234 e. The van der Waals surface area contributed by atoms with Gasteiger partial charge in [0.25, 0.3) is 0 Å². The third kappa shape index (κ3) is 3.08. The molecule has 0 aliphatic rings. The first-order chi connectivity index (χ1) is 12.5. The highest BCUT2D eigenvalue weighted by Gasteiger charge is 2.14. The van der Waals surface area contributed by atoms with Crippen molar-refractivity contribution in [1.29, 1.82) is 0 Å². The van der Waals surface area contributed by atoms with Gasteiger partial charge in [0.2, 0.25) is 5.91 Å². The van der Waals surface area contributed by atoms with Crippen molar-refractivity contribution in [2.45, 2.75) is 25.8 Å². The predicted molar refractivity (Wildman–Crippen MR) is 108 cm³/mol. The molecule has 3 heterocycles. The molecule has 0 saturated heterocycles. The monoisotopic (exact) mass is 382 g/mol. The van der Waals surface area contributed by atoms with E-state index in [1.165, 1.54) is 16.5 Å². The molecule has 3 aromatic heterocycles. The van der Waals surface area contributed by atoms with Gasteiger partial charge in [-0.3, -0.25) is 9.20 Å². The summed E-state index contributed by atoms with van der Waals surface area (Å²) in [5.74, 6) is 1.09. The Kier molecular flexibility index (Phi) is 4.42. The van der Waals surface area contributed by atoms with Gasteiger partial charge in [0, 0.05) is 5.69 Å². The lowest BCUT2D eigenvalue weighted by atomic mass is 10.1. The maximum atomic E-state index is 12.4. The molecule has 132 valence electrons. The molecule has 0 aliphatic heterocycles. The summed E-state index contributed by atoms with van der Waals surface area (Å²) in [6.45, 7) is 5.95. The number of hydrogen-bond donors (Lipinski definition) is 1.